The quantitative estimate of drug-likeness (QED) is 0.283. The lowest BCUT2D eigenvalue weighted by molar-refractivity contribution is -0.138. The van der Waals surface area contributed by atoms with E-state index in [-0.39, 0.29) is 17.4 Å². The molecule has 7 nitrogen and oxygen atoms in total. The van der Waals surface area contributed by atoms with Gasteiger partial charge in [0.1, 0.15) is 17.9 Å². The Bertz CT molecular complexity index is 1350. The summed E-state index contributed by atoms with van der Waals surface area (Å²) in [5.41, 5.74) is -0.249. The molecule has 0 radical (unpaired) electrons. The molecule has 0 aliphatic heterocycles. The minimum Gasteiger partial charge on any atom is -0.506 e. The Morgan fingerprint density at radius 1 is 1.18 bits per heavy atom. The molecule has 2 N–H and O–H groups in total. The fourth-order valence-electron chi connectivity index (χ4n) is 3.23. The highest BCUT2D eigenvalue weighted by atomic mass is 35.5. The number of halogens is 4. The number of esters is 1. The Labute approximate surface area is 190 Å². The molecule has 0 amide bonds. The molecule has 2 heterocycles. The van der Waals surface area contributed by atoms with Crippen LogP contribution in [0.1, 0.15) is 22.8 Å². The maximum Gasteiger partial charge on any atom is 0.418 e. The van der Waals surface area contributed by atoms with Crippen molar-refractivity contribution in [2.75, 3.05) is 11.9 Å². The van der Waals surface area contributed by atoms with Crippen LogP contribution in [-0.2, 0) is 10.9 Å². The number of anilines is 2. The van der Waals surface area contributed by atoms with E-state index in [1.165, 1.54) is 30.0 Å². The van der Waals surface area contributed by atoms with Crippen molar-refractivity contribution in [2.45, 2.75) is 13.1 Å². The zero-order valence-corrected chi connectivity index (χ0v) is 17.8. The number of rotatable bonds is 5. The van der Waals surface area contributed by atoms with Gasteiger partial charge in [-0.3, -0.25) is 0 Å². The number of carbonyl (C=O) groups is 1. The second kappa shape index (κ2) is 8.62. The highest BCUT2D eigenvalue weighted by Gasteiger charge is 2.37. The van der Waals surface area contributed by atoms with Gasteiger partial charge in [-0.05, 0) is 43.3 Å². The number of nitrogens with zero attached hydrogens (tertiary/aromatic N) is 3. The Morgan fingerprint density at radius 2 is 1.97 bits per heavy atom. The molecule has 11 heteroatoms. The van der Waals surface area contributed by atoms with E-state index in [0.29, 0.717) is 28.1 Å². The monoisotopic (exact) mass is 476 g/mol. The minimum absolute atomic E-state index is 0.0507. The highest BCUT2D eigenvalue weighted by molar-refractivity contribution is 6.32. The number of hydrogen-bond donors (Lipinski definition) is 2. The van der Waals surface area contributed by atoms with Crippen LogP contribution in [-0.4, -0.2) is 32.2 Å². The van der Waals surface area contributed by atoms with Crippen LogP contribution in [0.15, 0.2) is 55.1 Å². The number of aromatic hydroxyl groups is 1. The number of phenols is 1. The average molecular weight is 477 g/mol. The summed E-state index contributed by atoms with van der Waals surface area (Å²) in [6.07, 6.45) is -1.48. The standard InChI is InChI=1S/C22H16ClF3N4O3/c1-2-33-21(32)15-9-30(10-16(15)22(24,25)26)13-4-5-18-14(8-13)20(28-11-27-18)29-12-3-6-19(31)17(23)7-12/h3-11,31H,2H2,1H3,(H,27,28,29). The normalized spacial score (nSPS) is 11.5. The van der Waals surface area contributed by atoms with Gasteiger partial charge < -0.3 is 19.7 Å². The van der Waals surface area contributed by atoms with E-state index in [2.05, 4.69) is 15.3 Å². The number of aromatic nitrogens is 3. The summed E-state index contributed by atoms with van der Waals surface area (Å²) < 4.78 is 46.5. The van der Waals surface area contributed by atoms with E-state index in [9.17, 15) is 23.1 Å². The van der Waals surface area contributed by atoms with Gasteiger partial charge in [-0.2, -0.15) is 13.2 Å². The minimum atomic E-state index is -4.74. The molecule has 4 rings (SSSR count). The Hall–Kier alpha value is -3.79. The van der Waals surface area contributed by atoms with Crippen LogP contribution in [0.2, 0.25) is 5.02 Å². The van der Waals surface area contributed by atoms with Crippen LogP contribution in [0.5, 0.6) is 5.75 Å². The Balaban J connectivity index is 1.79. The Morgan fingerprint density at radius 3 is 2.67 bits per heavy atom. The first-order valence-corrected chi connectivity index (χ1v) is 10.0. The maximum atomic E-state index is 13.5. The molecular formula is C22H16ClF3N4O3. The maximum absolute atomic E-state index is 13.5. The second-order valence-corrected chi connectivity index (χ2v) is 7.33. The van der Waals surface area contributed by atoms with Crippen LogP contribution < -0.4 is 5.32 Å². The smallest absolute Gasteiger partial charge is 0.418 e. The topological polar surface area (TPSA) is 89.3 Å². The average Bonchev–Trinajstić information content (AvgIpc) is 3.23. The highest BCUT2D eigenvalue weighted by Crippen LogP contribution is 2.35. The summed E-state index contributed by atoms with van der Waals surface area (Å²) in [7, 11) is 0. The lowest BCUT2D eigenvalue weighted by Gasteiger charge is -2.11. The number of benzene rings is 2. The molecule has 0 saturated carbocycles. The van der Waals surface area contributed by atoms with Gasteiger partial charge >= 0.3 is 12.1 Å². The number of phenolic OH excluding ortho intramolecular Hbond substituents is 1. The molecule has 2 aromatic carbocycles. The van der Waals surface area contributed by atoms with Gasteiger partial charge in [-0.1, -0.05) is 11.6 Å². The van der Waals surface area contributed by atoms with Crippen molar-refractivity contribution < 1.29 is 27.8 Å². The molecule has 0 spiro atoms. The molecule has 0 fully saturated rings. The molecular weight excluding hydrogens is 461 g/mol. The number of hydrogen-bond acceptors (Lipinski definition) is 6. The van der Waals surface area contributed by atoms with E-state index in [4.69, 9.17) is 16.3 Å². The molecule has 0 aliphatic carbocycles. The molecule has 170 valence electrons. The summed E-state index contributed by atoms with van der Waals surface area (Å²) >= 11 is 5.95. The third kappa shape index (κ3) is 4.56. The first-order chi connectivity index (χ1) is 15.7. The van der Waals surface area contributed by atoms with Crippen molar-refractivity contribution >= 4 is 40.0 Å². The largest absolute Gasteiger partial charge is 0.506 e. The fourth-order valence-corrected chi connectivity index (χ4v) is 3.41. The molecule has 4 aromatic rings. The zero-order chi connectivity index (χ0) is 23.8. The molecule has 33 heavy (non-hydrogen) atoms. The predicted molar refractivity (Wildman–Crippen MR) is 116 cm³/mol. The van der Waals surface area contributed by atoms with Crippen molar-refractivity contribution in [3.8, 4) is 11.4 Å². The van der Waals surface area contributed by atoms with Crippen LogP contribution in [0, 0.1) is 0 Å². The fraction of sp³-hybridized carbons (Fsp3) is 0.136. The number of fused-ring (bicyclic) bond motifs is 1. The summed E-state index contributed by atoms with van der Waals surface area (Å²) in [5, 5.41) is 13.3. The van der Waals surface area contributed by atoms with Crippen molar-refractivity contribution in [1.29, 1.82) is 0 Å². The lowest BCUT2D eigenvalue weighted by Crippen LogP contribution is -2.12. The van der Waals surface area contributed by atoms with Crippen LogP contribution in [0.3, 0.4) is 0 Å². The molecule has 0 unspecified atom stereocenters. The van der Waals surface area contributed by atoms with Gasteiger partial charge in [0.15, 0.2) is 0 Å². The van der Waals surface area contributed by atoms with Gasteiger partial charge in [0.05, 0.1) is 28.3 Å². The number of ether oxygens (including phenoxy) is 1. The van der Waals surface area contributed by atoms with E-state index in [1.807, 2.05) is 0 Å². The molecule has 0 atom stereocenters. The predicted octanol–water partition coefficient (Wildman–Crippen LogP) is 5.72. The molecule has 0 bridgehead atoms. The van der Waals surface area contributed by atoms with Crippen molar-refractivity contribution in [3.05, 3.63) is 71.3 Å². The number of carbonyl (C=O) groups excluding carboxylic acids is 1. The first kappa shape index (κ1) is 22.4. The van der Waals surface area contributed by atoms with E-state index >= 15 is 0 Å². The summed E-state index contributed by atoms with van der Waals surface area (Å²) in [5.74, 6) is -0.765. The van der Waals surface area contributed by atoms with Gasteiger partial charge in [-0.15, -0.1) is 0 Å². The first-order valence-electron chi connectivity index (χ1n) is 9.64. The van der Waals surface area contributed by atoms with Crippen molar-refractivity contribution in [1.82, 2.24) is 14.5 Å². The summed E-state index contributed by atoms with van der Waals surface area (Å²) in [6.45, 7) is 1.46. The van der Waals surface area contributed by atoms with Gasteiger partial charge in [0.25, 0.3) is 0 Å². The van der Waals surface area contributed by atoms with Crippen LogP contribution >= 0.6 is 11.6 Å². The third-order valence-electron chi connectivity index (χ3n) is 4.75. The van der Waals surface area contributed by atoms with Gasteiger partial charge in [0, 0.05) is 29.2 Å². The van der Waals surface area contributed by atoms with Crippen molar-refractivity contribution in [2.24, 2.45) is 0 Å². The SMILES string of the molecule is CCOC(=O)c1cn(-c2ccc3ncnc(Nc4ccc(O)c(Cl)c4)c3c2)cc1C(F)(F)F. The van der Waals surface area contributed by atoms with Crippen LogP contribution in [0.4, 0.5) is 24.7 Å². The number of nitrogens with one attached hydrogen (secondary N) is 1. The summed E-state index contributed by atoms with van der Waals surface area (Å²) in [4.78, 5) is 20.5. The third-order valence-corrected chi connectivity index (χ3v) is 5.06. The van der Waals surface area contributed by atoms with Gasteiger partial charge in [0.2, 0.25) is 0 Å². The van der Waals surface area contributed by atoms with Gasteiger partial charge in [-0.25, -0.2) is 14.8 Å². The van der Waals surface area contributed by atoms with Crippen LogP contribution in [0.25, 0.3) is 16.6 Å². The van der Waals surface area contributed by atoms with E-state index in [0.717, 1.165) is 12.4 Å². The Kier molecular flexibility index (Phi) is 5.86. The lowest BCUT2D eigenvalue weighted by atomic mass is 10.2. The molecule has 0 aliphatic rings. The van der Waals surface area contributed by atoms with E-state index in [1.54, 1.807) is 24.3 Å². The molecule has 0 saturated heterocycles. The van der Waals surface area contributed by atoms with E-state index < -0.39 is 23.3 Å². The summed E-state index contributed by atoms with van der Waals surface area (Å²) in [6, 6.07) is 9.29. The number of alkyl halides is 3. The zero-order valence-electron chi connectivity index (χ0n) is 17.0. The second-order valence-electron chi connectivity index (χ2n) is 6.93. The molecule has 2 aromatic heterocycles. The van der Waals surface area contributed by atoms with Crippen molar-refractivity contribution in [3.63, 3.8) is 0 Å².